The summed E-state index contributed by atoms with van der Waals surface area (Å²) in [6.07, 6.45) is 1.21. The second-order valence-electron chi connectivity index (χ2n) is 5.86. The van der Waals surface area contributed by atoms with Crippen LogP contribution in [0.15, 0.2) is 11.6 Å². The predicted molar refractivity (Wildman–Crippen MR) is 72.6 cm³/mol. The van der Waals surface area contributed by atoms with Gasteiger partial charge in [-0.15, -0.1) is 0 Å². The third-order valence-electron chi connectivity index (χ3n) is 1.46. The van der Waals surface area contributed by atoms with Gasteiger partial charge in [-0.25, -0.2) is 9.59 Å². The third kappa shape index (κ3) is 8.87. The van der Waals surface area contributed by atoms with E-state index in [1.165, 1.54) is 6.08 Å². The zero-order valence-corrected chi connectivity index (χ0v) is 13.7. The van der Waals surface area contributed by atoms with E-state index in [1.54, 1.807) is 6.92 Å². The Balaban J connectivity index is 4.55. The highest BCUT2D eigenvalue weighted by Gasteiger charge is 2.22. The maximum atomic E-state index is 11.6. The summed E-state index contributed by atoms with van der Waals surface area (Å²) in [6.45, 7) is 13.0. The van der Waals surface area contributed by atoms with Crippen molar-refractivity contribution in [3.8, 4) is 0 Å². The molecule has 0 spiro atoms. The quantitative estimate of drug-likeness (QED) is 0.584. The highest BCUT2D eigenvalue weighted by atomic mass is 28.4. The Morgan fingerprint density at radius 3 is 1.65 bits per heavy atom. The fourth-order valence-electron chi connectivity index (χ4n) is 0.926. The Hall–Kier alpha value is -0.886. The molecule has 4 nitrogen and oxygen atoms in total. The van der Waals surface area contributed by atoms with Crippen LogP contribution < -0.4 is 0 Å². The molecule has 0 aliphatic rings. The van der Waals surface area contributed by atoms with Gasteiger partial charge in [-0.2, -0.15) is 0 Å². The van der Waals surface area contributed by atoms with E-state index in [9.17, 15) is 9.59 Å². The van der Waals surface area contributed by atoms with Crippen molar-refractivity contribution >= 4 is 28.6 Å². The Morgan fingerprint density at radius 1 is 0.882 bits per heavy atom. The molecule has 0 rings (SSSR count). The molecule has 0 aromatic rings. The number of hydrogen-bond donors (Lipinski definition) is 0. The van der Waals surface area contributed by atoms with Gasteiger partial charge in [-0.3, -0.25) is 0 Å². The summed E-state index contributed by atoms with van der Waals surface area (Å²) in [5.74, 6) is -0.897. The molecule has 0 aromatic heterocycles. The van der Waals surface area contributed by atoms with Crippen LogP contribution in [0.3, 0.4) is 0 Å². The smallest absolute Gasteiger partial charge is 0.320 e. The minimum absolute atomic E-state index is 0.288. The van der Waals surface area contributed by atoms with E-state index < -0.39 is 28.6 Å². The zero-order chi connectivity index (χ0) is 13.9. The van der Waals surface area contributed by atoms with Gasteiger partial charge in [-0.05, 0) is 46.2 Å². The SMILES string of the molecule is C/C(=C/C(=O)O[Si](C)(C)C)C(=O)O[Si](C)(C)C. The molecular formula is C11H22O4Si2. The van der Waals surface area contributed by atoms with E-state index >= 15 is 0 Å². The van der Waals surface area contributed by atoms with E-state index in [2.05, 4.69) is 0 Å². The highest BCUT2D eigenvalue weighted by Crippen LogP contribution is 2.09. The minimum Gasteiger partial charge on any atom is -0.517 e. The van der Waals surface area contributed by atoms with Crippen LogP contribution in [0.5, 0.6) is 0 Å². The second-order valence-corrected chi connectivity index (χ2v) is 14.7. The van der Waals surface area contributed by atoms with Gasteiger partial charge >= 0.3 is 11.9 Å². The summed E-state index contributed by atoms with van der Waals surface area (Å²) in [5, 5.41) is 0. The summed E-state index contributed by atoms with van der Waals surface area (Å²) in [5.41, 5.74) is 0.288. The molecule has 17 heavy (non-hydrogen) atoms. The lowest BCUT2D eigenvalue weighted by atomic mass is 10.3. The van der Waals surface area contributed by atoms with Crippen molar-refractivity contribution in [1.29, 1.82) is 0 Å². The van der Waals surface area contributed by atoms with Crippen LogP contribution in [0.25, 0.3) is 0 Å². The number of carbonyl (C=O) groups excluding carboxylic acids is 2. The fraction of sp³-hybridized carbons (Fsp3) is 0.636. The standard InChI is InChI=1S/C11H22O4Si2/c1-9(11(13)15-17(5,6)7)8-10(12)14-16(2,3)4/h8H,1-7H3/b9-8-. The van der Waals surface area contributed by atoms with Crippen LogP contribution in [-0.2, 0) is 18.4 Å². The molecule has 6 heteroatoms. The van der Waals surface area contributed by atoms with Crippen LogP contribution in [-0.4, -0.2) is 28.6 Å². The summed E-state index contributed by atoms with van der Waals surface area (Å²) in [7, 11) is -3.82. The molecule has 0 saturated heterocycles. The highest BCUT2D eigenvalue weighted by molar-refractivity contribution is 6.71. The van der Waals surface area contributed by atoms with E-state index in [4.69, 9.17) is 8.85 Å². The van der Waals surface area contributed by atoms with E-state index in [-0.39, 0.29) is 5.57 Å². The first-order valence-electron chi connectivity index (χ1n) is 5.55. The maximum absolute atomic E-state index is 11.6. The van der Waals surface area contributed by atoms with Crippen LogP contribution in [0.1, 0.15) is 6.92 Å². The number of carbonyl (C=O) groups is 2. The Bertz CT molecular complexity index is 334. The van der Waals surface area contributed by atoms with Gasteiger partial charge in [-0.1, -0.05) is 0 Å². The van der Waals surface area contributed by atoms with Crippen molar-refractivity contribution < 1.29 is 18.4 Å². The van der Waals surface area contributed by atoms with Crippen LogP contribution in [0.4, 0.5) is 0 Å². The Morgan fingerprint density at radius 2 is 1.29 bits per heavy atom. The van der Waals surface area contributed by atoms with Gasteiger partial charge in [0.15, 0.2) is 0 Å². The molecular weight excluding hydrogens is 252 g/mol. The van der Waals surface area contributed by atoms with Gasteiger partial charge in [0.2, 0.25) is 16.6 Å². The van der Waals surface area contributed by atoms with E-state index in [1.807, 2.05) is 39.3 Å². The first-order chi connectivity index (χ1) is 7.41. The molecule has 0 N–H and O–H groups in total. The van der Waals surface area contributed by atoms with Crippen LogP contribution in [0.2, 0.25) is 39.3 Å². The first-order valence-corrected chi connectivity index (χ1v) is 12.4. The largest absolute Gasteiger partial charge is 0.517 e. The zero-order valence-electron chi connectivity index (χ0n) is 11.7. The topological polar surface area (TPSA) is 52.6 Å². The van der Waals surface area contributed by atoms with Crippen molar-refractivity contribution in [2.75, 3.05) is 0 Å². The molecule has 0 saturated carbocycles. The lowest BCUT2D eigenvalue weighted by Crippen LogP contribution is -2.31. The average molecular weight is 274 g/mol. The average Bonchev–Trinajstić information content (AvgIpc) is 1.95. The molecule has 0 heterocycles. The van der Waals surface area contributed by atoms with E-state index in [0.717, 1.165) is 0 Å². The molecule has 0 aliphatic heterocycles. The van der Waals surface area contributed by atoms with Crippen molar-refractivity contribution in [3.63, 3.8) is 0 Å². The monoisotopic (exact) mass is 274 g/mol. The van der Waals surface area contributed by atoms with Crippen LogP contribution in [0, 0.1) is 0 Å². The molecule has 0 fully saturated rings. The van der Waals surface area contributed by atoms with Crippen molar-refractivity contribution in [1.82, 2.24) is 0 Å². The summed E-state index contributed by atoms with van der Waals surface area (Å²) < 4.78 is 10.5. The van der Waals surface area contributed by atoms with Gasteiger partial charge in [0.1, 0.15) is 0 Å². The first kappa shape index (κ1) is 16.1. The molecule has 0 atom stereocenters. The van der Waals surface area contributed by atoms with Crippen molar-refractivity contribution in [3.05, 3.63) is 11.6 Å². The Labute approximate surface area is 105 Å². The predicted octanol–water partition coefficient (Wildman–Crippen LogP) is 2.69. The Kier molecular flexibility index (Phi) is 5.34. The van der Waals surface area contributed by atoms with E-state index in [0.29, 0.717) is 0 Å². The molecule has 98 valence electrons. The van der Waals surface area contributed by atoms with Gasteiger partial charge in [0, 0.05) is 11.6 Å². The lowest BCUT2D eigenvalue weighted by molar-refractivity contribution is -0.133. The number of rotatable bonds is 4. The van der Waals surface area contributed by atoms with Gasteiger partial charge in [0.05, 0.1) is 0 Å². The molecule has 0 radical (unpaired) electrons. The second kappa shape index (κ2) is 5.64. The molecule has 0 amide bonds. The minimum atomic E-state index is -1.91. The fourth-order valence-corrected chi connectivity index (χ4v) is 2.31. The lowest BCUT2D eigenvalue weighted by Gasteiger charge is -2.18. The summed E-state index contributed by atoms with van der Waals surface area (Å²) in [6, 6.07) is 0. The molecule has 0 bridgehead atoms. The van der Waals surface area contributed by atoms with Gasteiger partial charge < -0.3 is 8.85 Å². The normalized spacial score (nSPS) is 13.2. The van der Waals surface area contributed by atoms with Crippen molar-refractivity contribution in [2.45, 2.75) is 46.2 Å². The summed E-state index contributed by atoms with van der Waals surface area (Å²) >= 11 is 0. The summed E-state index contributed by atoms with van der Waals surface area (Å²) in [4.78, 5) is 23.1. The third-order valence-corrected chi connectivity index (χ3v) is 3.07. The maximum Gasteiger partial charge on any atom is 0.320 e. The molecule has 0 aliphatic carbocycles. The van der Waals surface area contributed by atoms with Crippen LogP contribution >= 0.6 is 0 Å². The molecule has 0 aromatic carbocycles. The number of hydrogen-bond acceptors (Lipinski definition) is 4. The van der Waals surface area contributed by atoms with Crippen molar-refractivity contribution in [2.24, 2.45) is 0 Å². The van der Waals surface area contributed by atoms with Gasteiger partial charge in [0.25, 0.3) is 0 Å². The molecule has 0 unspecified atom stereocenters.